The quantitative estimate of drug-likeness (QED) is 0.332. The number of amides is 3. The maximum Gasteiger partial charge on any atom is 0.322 e. The van der Waals surface area contributed by atoms with E-state index in [9.17, 15) is 19.2 Å². The van der Waals surface area contributed by atoms with Crippen LogP contribution in [0, 0.1) is 0 Å². The largest absolute Gasteiger partial charge is 0.480 e. The summed E-state index contributed by atoms with van der Waals surface area (Å²) in [5.41, 5.74) is 7.75. The van der Waals surface area contributed by atoms with Crippen LogP contribution >= 0.6 is 0 Å². The molecule has 2 rings (SSSR count). The molecule has 0 fully saturated rings. The van der Waals surface area contributed by atoms with Crippen molar-refractivity contribution in [2.75, 3.05) is 6.54 Å². The Morgan fingerprint density at radius 1 is 0.812 bits per heavy atom. The number of carbonyl (C=O) groups excluding carboxylic acids is 3. The van der Waals surface area contributed by atoms with Crippen molar-refractivity contribution in [3.63, 3.8) is 0 Å². The van der Waals surface area contributed by atoms with Crippen LogP contribution in [-0.2, 0) is 32.0 Å². The van der Waals surface area contributed by atoms with Gasteiger partial charge in [0.2, 0.25) is 17.7 Å². The van der Waals surface area contributed by atoms with E-state index in [1.807, 2.05) is 60.7 Å². The third kappa shape index (κ3) is 8.19. The molecular formula is C23H28N4O5. The number of nitrogens with two attached hydrogens (primary N) is 1. The molecule has 3 unspecified atom stereocenters. The smallest absolute Gasteiger partial charge is 0.322 e. The molecule has 0 aliphatic rings. The van der Waals surface area contributed by atoms with Crippen LogP contribution in [-0.4, -0.2) is 53.5 Å². The number of hydrogen-bond donors (Lipinski definition) is 5. The first kappa shape index (κ1) is 24.5. The highest BCUT2D eigenvalue weighted by atomic mass is 16.4. The zero-order chi connectivity index (χ0) is 23.5. The Balaban J connectivity index is 2.05. The molecule has 2 aromatic rings. The summed E-state index contributed by atoms with van der Waals surface area (Å²) in [6, 6.07) is 15.6. The molecule has 0 radical (unpaired) electrons. The number of hydrogen-bond acceptors (Lipinski definition) is 5. The molecule has 0 bridgehead atoms. The molecule has 0 saturated heterocycles. The minimum atomic E-state index is -1.20. The highest BCUT2D eigenvalue weighted by molar-refractivity contribution is 5.93. The molecule has 0 spiro atoms. The second-order valence-corrected chi connectivity index (χ2v) is 7.39. The average molecular weight is 441 g/mol. The van der Waals surface area contributed by atoms with Gasteiger partial charge in [-0.3, -0.25) is 19.2 Å². The van der Waals surface area contributed by atoms with E-state index in [0.717, 1.165) is 11.1 Å². The number of nitrogens with one attached hydrogen (secondary N) is 3. The summed E-state index contributed by atoms with van der Waals surface area (Å²) >= 11 is 0. The minimum absolute atomic E-state index is 0.194. The monoisotopic (exact) mass is 440 g/mol. The first-order valence-corrected chi connectivity index (χ1v) is 10.2. The first-order valence-electron chi connectivity index (χ1n) is 10.2. The van der Waals surface area contributed by atoms with Gasteiger partial charge in [0, 0.05) is 6.42 Å². The Hall–Kier alpha value is -3.72. The maximum absolute atomic E-state index is 12.9. The lowest BCUT2D eigenvalue weighted by Crippen LogP contribution is -2.56. The summed E-state index contributed by atoms with van der Waals surface area (Å²) in [7, 11) is 0. The zero-order valence-corrected chi connectivity index (χ0v) is 17.8. The van der Waals surface area contributed by atoms with Crippen LogP contribution in [0.4, 0.5) is 0 Å². The van der Waals surface area contributed by atoms with E-state index in [1.54, 1.807) is 0 Å². The van der Waals surface area contributed by atoms with E-state index in [-0.39, 0.29) is 6.42 Å². The predicted octanol–water partition coefficient (Wildman–Crippen LogP) is -0.0106. The maximum atomic E-state index is 12.9. The van der Waals surface area contributed by atoms with Crippen molar-refractivity contribution < 1.29 is 24.3 Å². The number of carbonyl (C=O) groups is 4. The Kier molecular flexibility index (Phi) is 9.37. The number of aliphatic carboxylic acids is 1. The van der Waals surface area contributed by atoms with Crippen LogP contribution in [0.15, 0.2) is 60.7 Å². The second-order valence-electron chi connectivity index (χ2n) is 7.39. The van der Waals surface area contributed by atoms with Gasteiger partial charge in [0.25, 0.3) is 0 Å². The van der Waals surface area contributed by atoms with Gasteiger partial charge in [0.15, 0.2) is 0 Å². The van der Waals surface area contributed by atoms with Gasteiger partial charge in [-0.05, 0) is 24.5 Å². The van der Waals surface area contributed by atoms with E-state index >= 15 is 0 Å². The average Bonchev–Trinajstić information content (AvgIpc) is 2.78. The van der Waals surface area contributed by atoms with Crippen molar-refractivity contribution in [1.29, 1.82) is 0 Å². The first-order chi connectivity index (χ1) is 15.3. The van der Waals surface area contributed by atoms with Crippen molar-refractivity contribution in [2.45, 2.75) is 37.9 Å². The molecule has 2 aromatic carbocycles. The Morgan fingerprint density at radius 3 is 1.88 bits per heavy atom. The third-order valence-electron chi connectivity index (χ3n) is 4.72. The predicted molar refractivity (Wildman–Crippen MR) is 118 cm³/mol. The van der Waals surface area contributed by atoms with E-state index < -0.39 is 48.4 Å². The number of carboxylic acid groups (broad SMARTS) is 1. The van der Waals surface area contributed by atoms with Gasteiger partial charge in [0.05, 0.1) is 6.04 Å². The molecule has 3 atom stereocenters. The van der Waals surface area contributed by atoms with Gasteiger partial charge in [-0.25, -0.2) is 0 Å². The Labute approximate surface area is 186 Å². The van der Waals surface area contributed by atoms with E-state index in [4.69, 9.17) is 10.8 Å². The lowest BCUT2D eigenvalue weighted by molar-refractivity contribution is -0.138. The molecule has 0 saturated carbocycles. The van der Waals surface area contributed by atoms with Gasteiger partial charge < -0.3 is 26.8 Å². The molecule has 0 aromatic heterocycles. The van der Waals surface area contributed by atoms with Crippen LogP contribution in [0.2, 0.25) is 0 Å². The van der Waals surface area contributed by atoms with Crippen LogP contribution < -0.4 is 21.7 Å². The lowest BCUT2D eigenvalue weighted by atomic mass is 10.0. The Morgan fingerprint density at radius 2 is 1.34 bits per heavy atom. The summed E-state index contributed by atoms with van der Waals surface area (Å²) in [4.78, 5) is 48.2. The summed E-state index contributed by atoms with van der Waals surface area (Å²) in [6.45, 7) is 0.870. The van der Waals surface area contributed by atoms with Crippen LogP contribution in [0.3, 0.4) is 0 Å². The fourth-order valence-corrected chi connectivity index (χ4v) is 2.99. The van der Waals surface area contributed by atoms with Crippen molar-refractivity contribution in [1.82, 2.24) is 16.0 Å². The summed E-state index contributed by atoms with van der Waals surface area (Å²) in [5, 5.41) is 16.1. The highest BCUT2D eigenvalue weighted by Crippen LogP contribution is 2.06. The van der Waals surface area contributed by atoms with Crippen LogP contribution in [0.5, 0.6) is 0 Å². The summed E-state index contributed by atoms with van der Waals surface area (Å²) in [6.07, 6.45) is 0.500. The standard InChI is InChI=1S/C23H28N4O5/c1-15(21(30)25-14-20(28)29)26-23(32)19(13-17-10-6-3-7-11-17)27-22(31)18(24)12-16-8-4-2-5-9-16/h2-11,15,18-19H,12-14,24H2,1H3,(H,25,30)(H,26,32)(H,27,31)(H,28,29). The Bertz CT molecular complexity index is 920. The minimum Gasteiger partial charge on any atom is -0.480 e. The van der Waals surface area contributed by atoms with Crippen molar-refractivity contribution in [2.24, 2.45) is 5.73 Å². The van der Waals surface area contributed by atoms with Gasteiger partial charge in [-0.15, -0.1) is 0 Å². The summed E-state index contributed by atoms with van der Waals surface area (Å²) < 4.78 is 0. The molecule has 9 nitrogen and oxygen atoms in total. The van der Waals surface area contributed by atoms with Crippen molar-refractivity contribution >= 4 is 23.7 Å². The summed E-state index contributed by atoms with van der Waals surface area (Å²) in [5.74, 6) is -2.91. The molecule has 9 heteroatoms. The molecule has 0 aliphatic heterocycles. The lowest BCUT2D eigenvalue weighted by Gasteiger charge is -2.23. The topological polar surface area (TPSA) is 151 Å². The fourth-order valence-electron chi connectivity index (χ4n) is 2.99. The van der Waals surface area contributed by atoms with Crippen molar-refractivity contribution in [3.05, 3.63) is 71.8 Å². The van der Waals surface area contributed by atoms with E-state index in [2.05, 4.69) is 16.0 Å². The normalized spacial score (nSPS) is 13.3. The number of rotatable bonds is 11. The van der Waals surface area contributed by atoms with Gasteiger partial charge in [-0.1, -0.05) is 60.7 Å². The van der Waals surface area contributed by atoms with Crippen LogP contribution in [0.1, 0.15) is 18.1 Å². The molecule has 170 valence electrons. The number of carboxylic acids is 1. The molecule has 32 heavy (non-hydrogen) atoms. The molecule has 6 N–H and O–H groups in total. The zero-order valence-electron chi connectivity index (χ0n) is 17.8. The molecule has 3 amide bonds. The SMILES string of the molecule is CC(NC(=O)C(Cc1ccccc1)NC(=O)C(N)Cc1ccccc1)C(=O)NCC(=O)O. The molecule has 0 aliphatic carbocycles. The van der Waals surface area contributed by atoms with Gasteiger partial charge >= 0.3 is 5.97 Å². The number of benzene rings is 2. The van der Waals surface area contributed by atoms with E-state index in [1.165, 1.54) is 6.92 Å². The fraction of sp³-hybridized carbons (Fsp3) is 0.304. The van der Waals surface area contributed by atoms with Crippen molar-refractivity contribution in [3.8, 4) is 0 Å². The second kappa shape index (κ2) is 12.2. The highest BCUT2D eigenvalue weighted by Gasteiger charge is 2.26. The van der Waals surface area contributed by atoms with Gasteiger partial charge in [-0.2, -0.15) is 0 Å². The van der Waals surface area contributed by atoms with Gasteiger partial charge in [0.1, 0.15) is 18.6 Å². The van der Waals surface area contributed by atoms with E-state index in [0.29, 0.717) is 6.42 Å². The third-order valence-corrected chi connectivity index (χ3v) is 4.72. The van der Waals surface area contributed by atoms with Crippen LogP contribution in [0.25, 0.3) is 0 Å². The molecular weight excluding hydrogens is 412 g/mol. The molecule has 0 heterocycles.